The molecule has 0 spiro atoms. The van der Waals surface area contributed by atoms with Gasteiger partial charge in [0.15, 0.2) is 0 Å². The van der Waals surface area contributed by atoms with Gasteiger partial charge < -0.3 is 15.0 Å². The Labute approximate surface area is 211 Å². The number of methoxy groups -OCH3 is 1. The first-order chi connectivity index (χ1) is 17.6. The fourth-order valence-electron chi connectivity index (χ4n) is 4.02. The maximum Gasteiger partial charge on any atom is 0.247 e. The first kappa shape index (κ1) is 24.7. The SMILES string of the molecule is COc1ccc(CN(C(=O)Cc2ccccc2)[C@H](C(=O)NCc2cccnc2)c2ccccc2)cc1. The molecule has 0 aliphatic carbocycles. The Morgan fingerprint density at radius 2 is 1.50 bits per heavy atom. The number of hydrogen-bond donors (Lipinski definition) is 1. The van der Waals surface area contributed by atoms with Crippen molar-refractivity contribution in [3.05, 3.63) is 132 Å². The summed E-state index contributed by atoms with van der Waals surface area (Å²) in [6, 6.07) is 29.5. The molecule has 0 fully saturated rings. The molecule has 6 nitrogen and oxygen atoms in total. The molecule has 0 bridgehead atoms. The van der Waals surface area contributed by atoms with Crippen molar-refractivity contribution in [1.29, 1.82) is 0 Å². The van der Waals surface area contributed by atoms with Crippen LogP contribution in [0.5, 0.6) is 5.75 Å². The lowest BCUT2D eigenvalue weighted by molar-refractivity contribution is -0.141. The second-order valence-electron chi connectivity index (χ2n) is 8.42. The van der Waals surface area contributed by atoms with Gasteiger partial charge in [0.2, 0.25) is 11.8 Å². The van der Waals surface area contributed by atoms with Gasteiger partial charge in [0.25, 0.3) is 0 Å². The number of ether oxygens (including phenoxy) is 1. The Morgan fingerprint density at radius 1 is 0.833 bits per heavy atom. The molecule has 0 saturated carbocycles. The topological polar surface area (TPSA) is 71.5 Å². The monoisotopic (exact) mass is 479 g/mol. The predicted molar refractivity (Wildman–Crippen MR) is 139 cm³/mol. The van der Waals surface area contributed by atoms with Gasteiger partial charge in [-0.25, -0.2) is 0 Å². The predicted octanol–water partition coefficient (Wildman–Crippen LogP) is 4.72. The van der Waals surface area contributed by atoms with E-state index in [-0.39, 0.29) is 24.8 Å². The van der Waals surface area contributed by atoms with Crippen molar-refractivity contribution in [2.45, 2.75) is 25.6 Å². The molecule has 1 heterocycles. The molecular formula is C30H29N3O3. The molecule has 0 radical (unpaired) electrons. The molecule has 4 rings (SSSR count). The number of carbonyl (C=O) groups excluding carboxylic acids is 2. The van der Waals surface area contributed by atoms with Crippen LogP contribution in [-0.2, 0) is 29.1 Å². The Kier molecular flexibility index (Phi) is 8.44. The molecule has 1 aromatic heterocycles. The van der Waals surface area contributed by atoms with E-state index in [0.717, 1.165) is 28.0 Å². The lowest BCUT2D eigenvalue weighted by atomic mass is 10.0. The first-order valence-electron chi connectivity index (χ1n) is 11.8. The molecule has 1 atom stereocenters. The maximum atomic E-state index is 13.7. The van der Waals surface area contributed by atoms with Crippen molar-refractivity contribution < 1.29 is 14.3 Å². The second-order valence-corrected chi connectivity index (χ2v) is 8.42. The molecular weight excluding hydrogens is 450 g/mol. The molecule has 182 valence electrons. The van der Waals surface area contributed by atoms with Crippen LogP contribution in [0.3, 0.4) is 0 Å². The average molecular weight is 480 g/mol. The Balaban J connectivity index is 1.66. The largest absolute Gasteiger partial charge is 0.497 e. The van der Waals surface area contributed by atoms with E-state index in [1.165, 1.54) is 0 Å². The number of hydrogen-bond acceptors (Lipinski definition) is 4. The minimum atomic E-state index is -0.804. The molecule has 0 aliphatic rings. The van der Waals surface area contributed by atoms with Gasteiger partial charge in [-0.3, -0.25) is 14.6 Å². The zero-order valence-corrected chi connectivity index (χ0v) is 20.2. The summed E-state index contributed by atoms with van der Waals surface area (Å²) in [5.74, 6) is 0.345. The maximum absolute atomic E-state index is 13.7. The van der Waals surface area contributed by atoms with Gasteiger partial charge in [-0.05, 0) is 40.5 Å². The molecule has 1 N–H and O–H groups in total. The van der Waals surface area contributed by atoms with E-state index in [2.05, 4.69) is 10.3 Å². The lowest BCUT2D eigenvalue weighted by Crippen LogP contribution is -2.43. The van der Waals surface area contributed by atoms with Crippen LogP contribution in [0.1, 0.15) is 28.3 Å². The Bertz CT molecular complexity index is 1250. The molecule has 0 aliphatic heterocycles. The highest BCUT2D eigenvalue weighted by Crippen LogP contribution is 2.26. The number of pyridine rings is 1. The quantitative estimate of drug-likeness (QED) is 0.357. The highest BCUT2D eigenvalue weighted by molar-refractivity contribution is 5.89. The van der Waals surface area contributed by atoms with Crippen LogP contribution in [-0.4, -0.2) is 28.8 Å². The lowest BCUT2D eigenvalue weighted by Gasteiger charge is -2.32. The van der Waals surface area contributed by atoms with Crippen molar-refractivity contribution in [2.75, 3.05) is 7.11 Å². The number of rotatable bonds is 10. The van der Waals surface area contributed by atoms with E-state index in [0.29, 0.717) is 6.54 Å². The third-order valence-electron chi connectivity index (χ3n) is 5.90. The van der Waals surface area contributed by atoms with Crippen molar-refractivity contribution in [2.24, 2.45) is 0 Å². The zero-order chi connectivity index (χ0) is 25.2. The van der Waals surface area contributed by atoms with Gasteiger partial charge in [0, 0.05) is 25.5 Å². The van der Waals surface area contributed by atoms with Crippen LogP contribution in [0.4, 0.5) is 0 Å². The summed E-state index contributed by atoms with van der Waals surface area (Å²) in [4.78, 5) is 33.2. The summed E-state index contributed by atoms with van der Waals surface area (Å²) in [7, 11) is 1.61. The smallest absolute Gasteiger partial charge is 0.247 e. The van der Waals surface area contributed by atoms with Crippen LogP contribution in [0, 0.1) is 0 Å². The van der Waals surface area contributed by atoms with Gasteiger partial charge in [-0.15, -0.1) is 0 Å². The van der Waals surface area contributed by atoms with Crippen LogP contribution >= 0.6 is 0 Å². The van der Waals surface area contributed by atoms with Crippen molar-refractivity contribution in [3.63, 3.8) is 0 Å². The number of aromatic nitrogens is 1. The summed E-state index contributed by atoms with van der Waals surface area (Å²) in [6.07, 6.45) is 3.60. The van der Waals surface area contributed by atoms with E-state index in [4.69, 9.17) is 4.74 Å². The van der Waals surface area contributed by atoms with E-state index in [1.807, 2.05) is 97.1 Å². The van der Waals surface area contributed by atoms with Gasteiger partial charge in [0.05, 0.1) is 13.5 Å². The third-order valence-corrected chi connectivity index (χ3v) is 5.90. The summed E-state index contributed by atoms with van der Waals surface area (Å²) in [6.45, 7) is 0.592. The third kappa shape index (κ3) is 6.57. The van der Waals surface area contributed by atoms with Crippen LogP contribution in [0.2, 0.25) is 0 Å². The molecule has 0 unspecified atom stereocenters. The van der Waals surface area contributed by atoms with E-state index < -0.39 is 6.04 Å². The van der Waals surface area contributed by atoms with Gasteiger partial charge in [0.1, 0.15) is 11.8 Å². The molecule has 0 saturated heterocycles. The minimum Gasteiger partial charge on any atom is -0.497 e. The molecule has 4 aromatic rings. The van der Waals surface area contributed by atoms with Gasteiger partial charge >= 0.3 is 0 Å². The zero-order valence-electron chi connectivity index (χ0n) is 20.2. The first-order valence-corrected chi connectivity index (χ1v) is 11.8. The number of carbonyl (C=O) groups is 2. The second kappa shape index (κ2) is 12.3. The summed E-state index contributed by atoms with van der Waals surface area (Å²) in [5, 5.41) is 3.01. The van der Waals surface area contributed by atoms with Crippen LogP contribution in [0.15, 0.2) is 109 Å². The molecule has 2 amide bonds. The Hall–Kier alpha value is -4.45. The highest BCUT2D eigenvalue weighted by Gasteiger charge is 2.31. The van der Waals surface area contributed by atoms with Crippen LogP contribution in [0.25, 0.3) is 0 Å². The fraction of sp³-hybridized carbons (Fsp3) is 0.167. The minimum absolute atomic E-state index is 0.137. The number of nitrogens with one attached hydrogen (secondary N) is 1. The highest BCUT2D eigenvalue weighted by atomic mass is 16.5. The average Bonchev–Trinajstić information content (AvgIpc) is 2.93. The fourth-order valence-corrected chi connectivity index (χ4v) is 4.02. The summed E-state index contributed by atoms with van der Waals surface area (Å²) in [5.41, 5.74) is 3.43. The van der Waals surface area contributed by atoms with Crippen LogP contribution < -0.4 is 10.1 Å². The van der Waals surface area contributed by atoms with Crippen molar-refractivity contribution in [3.8, 4) is 5.75 Å². The number of benzene rings is 3. The van der Waals surface area contributed by atoms with Crippen molar-refractivity contribution >= 4 is 11.8 Å². The summed E-state index contributed by atoms with van der Waals surface area (Å²) >= 11 is 0. The Morgan fingerprint density at radius 3 is 2.14 bits per heavy atom. The number of amides is 2. The van der Waals surface area contributed by atoms with E-state index >= 15 is 0 Å². The number of nitrogens with zero attached hydrogens (tertiary/aromatic N) is 2. The molecule has 36 heavy (non-hydrogen) atoms. The normalized spacial score (nSPS) is 11.4. The standard InChI is InChI=1S/C30H29N3O3/c1-36-27-16-14-24(15-17-27)22-33(28(34)19-23-9-4-2-5-10-23)29(26-12-6-3-7-13-26)30(35)32-21-25-11-8-18-31-20-25/h2-18,20,29H,19,21-22H2,1H3,(H,32,35)/t29-/m0/s1. The molecule has 3 aromatic carbocycles. The van der Waals surface area contributed by atoms with Gasteiger partial charge in [-0.2, -0.15) is 0 Å². The van der Waals surface area contributed by atoms with Crippen molar-refractivity contribution in [1.82, 2.24) is 15.2 Å². The molecule has 6 heteroatoms. The van der Waals surface area contributed by atoms with E-state index in [1.54, 1.807) is 24.4 Å². The summed E-state index contributed by atoms with van der Waals surface area (Å²) < 4.78 is 5.28. The van der Waals surface area contributed by atoms with E-state index in [9.17, 15) is 9.59 Å². The van der Waals surface area contributed by atoms with Gasteiger partial charge in [-0.1, -0.05) is 78.9 Å².